The van der Waals surface area contributed by atoms with Crippen molar-refractivity contribution in [1.29, 1.82) is 0 Å². The van der Waals surface area contributed by atoms with Crippen LogP contribution in [0.2, 0.25) is 0 Å². The summed E-state index contributed by atoms with van der Waals surface area (Å²) in [7, 11) is 0. The van der Waals surface area contributed by atoms with Gasteiger partial charge >= 0.3 is 0 Å². The number of piperazine rings is 1. The Balaban J connectivity index is 1.31. The number of rotatable bonds is 3. The summed E-state index contributed by atoms with van der Waals surface area (Å²) in [4.78, 5) is 37.9. The number of benzene rings is 1. The zero-order chi connectivity index (χ0) is 22.2. The summed E-state index contributed by atoms with van der Waals surface area (Å²) in [5.74, 6) is 1.28. The van der Waals surface area contributed by atoms with Crippen molar-refractivity contribution in [1.82, 2.24) is 24.6 Å². The second-order valence-electron chi connectivity index (χ2n) is 7.82. The Labute approximate surface area is 183 Å². The molecule has 9 heteroatoms. The molecule has 5 rings (SSSR count). The first-order valence-corrected chi connectivity index (χ1v) is 10.4. The highest BCUT2D eigenvalue weighted by molar-refractivity contribution is 5.93. The number of para-hydroxylation sites is 1. The first-order valence-electron chi connectivity index (χ1n) is 10.4. The number of nitrogens with zero attached hydrogens (tertiary/aromatic N) is 6. The van der Waals surface area contributed by atoms with Crippen LogP contribution in [0.3, 0.4) is 0 Å². The molecule has 0 saturated carbocycles. The fourth-order valence-electron chi connectivity index (χ4n) is 3.99. The molecule has 1 amide bonds. The van der Waals surface area contributed by atoms with Crippen LogP contribution >= 0.6 is 0 Å². The van der Waals surface area contributed by atoms with Gasteiger partial charge in [0.25, 0.3) is 5.91 Å². The summed E-state index contributed by atoms with van der Waals surface area (Å²) in [5, 5.41) is 4.95. The maximum absolute atomic E-state index is 13.0. The molecule has 0 atom stereocenters. The first kappa shape index (κ1) is 19.9. The van der Waals surface area contributed by atoms with E-state index in [0.29, 0.717) is 43.0 Å². The summed E-state index contributed by atoms with van der Waals surface area (Å²) < 4.78 is 7.51. The van der Waals surface area contributed by atoms with Crippen molar-refractivity contribution in [3.63, 3.8) is 0 Å². The van der Waals surface area contributed by atoms with Gasteiger partial charge in [-0.15, -0.1) is 0 Å². The van der Waals surface area contributed by atoms with Gasteiger partial charge in [0.15, 0.2) is 17.0 Å². The molecule has 0 radical (unpaired) electrons. The maximum Gasteiger partial charge on any atom is 0.289 e. The highest BCUT2D eigenvalue weighted by Crippen LogP contribution is 2.19. The highest BCUT2D eigenvalue weighted by atomic mass is 16.3. The van der Waals surface area contributed by atoms with Crippen LogP contribution in [0.5, 0.6) is 0 Å². The lowest BCUT2D eigenvalue weighted by Crippen LogP contribution is -2.49. The van der Waals surface area contributed by atoms with Crippen LogP contribution in [-0.2, 0) is 0 Å². The van der Waals surface area contributed by atoms with E-state index in [1.807, 2.05) is 26.0 Å². The van der Waals surface area contributed by atoms with Gasteiger partial charge in [-0.1, -0.05) is 12.1 Å². The summed E-state index contributed by atoms with van der Waals surface area (Å²) in [6.45, 7) is 6.13. The standard InChI is InChI=1S/C23H22N6O3/c1-15-11-16(2)29(26-15)22-13-21(24-14-25-22)27-7-9-28(10-8-27)23(31)20-12-18(30)17-5-3-4-6-19(17)32-20/h3-6,11-14H,7-10H2,1-2H3. The number of hydrogen-bond donors (Lipinski definition) is 0. The number of aromatic nitrogens is 4. The lowest BCUT2D eigenvalue weighted by Gasteiger charge is -2.35. The Morgan fingerprint density at radius 2 is 1.72 bits per heavy atom. The second kappa shape index (κ2) is 7.92. The van der Waals surface area contributed by atoms with Gasteiger partial charge in [-0.05, 0) is 32.0 Å². The van der Waals surface area contributed by atoms with Gasteiger partial charge in [-0.25, -0.2) is 14.6 Å². The molecular weight excluding hydrogens is 408 g/mol. The largest absolute Gasteiger partial charge is 0.451 e. The van der Waals surface area contributed by atoms with E-state index in [2.05, 4.69) is 20.0 Å². The van der Waals surface area contributed by atoms with E-state index >= 15 is 0 Å². The highest BCUT2D eigenvalue weighted by Gasteiger charge is 2.25. The monoisotopic (exact) mass is 430 g/mol. The summed E-state index contributed by atoms with van der Waals surface area (Å²) in [6.07, 6.45) is 1.53. The molecule has 4 aromatic rings. The smallest absolute Gasteiger partial charge is 0.289 e. The average molecular weight is 430 g/mol. The topological polar surface area (TPSA) is 97.4 Å². The molecule has 9 nitrogen and oxygen atoms in total. The maximum atomic E-state index is 13.0. The predicted octanol–water partition coefficient (Wildman–Crippen LogP) is 2.35. The van der Waals surface area contributed by atoms with E-state index in [4.69, 9.17) is 4.42 Å². The van der Waals surface area contributed by atoms with Gasteiger partial charge in [-0.2, -0.15) is 5.10 Å². The summed E-state index contributed by atoms with van der Waals surface area (Å²) in [5.41, 5.74) is 2.13. The molecule has 3 aromatic heterocycles. The fourth-order valence-corrected chi connectivity index (χ4v) is 3.99. The third kappa shape index (κ3) is 3.62. The normalized spacial score (nSPS) is 14.2. The first-order chi connectivity index (χ1) is 15.5. The number of amides is 1. The lowest BCUT2D eigenvalue weighted by molar-refractivity contribution is 0.0715. The van der Waals surface area contributed by atoms with E-state index in [1.54, 1.807) is 33.8 Å². The Morgan fingerprint density at radius 3 is 2.47 bits per heavy atom. The number of carbonyl (C=O) groups is 1. The molecule has 1 fully saturated rings. The van der Waals surface area contributed by atoms with Gasteiger partial charge in [0.1, 0.15) is 17.7 Å². The van der Waals surface area contributed by atoms with E-state index < -0.39 is 0 Å². The zero-order valence-corrected chi connectivity index (χ0v) is 17.9. The minimum absolute atomic E-state index is 0.0657. The third-order valence-corrected chi connectivity index (χ3v) is 5.60. The van der Waals surface area contributed by atoms with Crippen molar-refractivity contribution < 1.29 is 9.21 Å². The molecule has 0 bridgehead atoms. The zero-order valence-electron chi connectivity index (χ0n) is 17.9. The number of carbonyl (C=O) groups excluding carboxylic acids is 1. The molecule has 0 spiro atoms. The number of anilines is 1. The number of fused-ring (bicyclic) bond motifs is 1. The SMILES string of the molecule is Cc1cc(C)n(-c2cc(N3CCN(C(=O)c4cc(=O)c5ccccc5o4)CC3)ncn2)n1. The van der Waals surface area contributed by atoms with Crippen molar-refractivity contribution >= 4 is 22.7 Å². The Hall–Kier alpha value is -4.01. The fraction of sp³-hybridized carbons (Fsp3) is 0.261. The minimum Gasteiger partial charge on any atom is -0.451 e. The molecule has 32 heavy (non-hydrogen) atoms. The van der Waals surface area contributed by atoms with Gasteiger partial charge < -0.3 is 14.2 Å². The molecule has 1 aromatic carbocycles. The second-order valence-corrected chi connectivity index (χ2v) is 7.82. The molecule has 0 N–H and O–H groups in total. The van der Waals surface area contributed by atoms with E-state index in [0.717, 1.165) is 17.2 Å². The van der Waals surface area contributed by atoms with Crippen molar-refractivity contribution in [2.24, 2.45) is 0 Å². The van der Waals surface area contributed by atoms with Gasteiger partial charge in [-0.3, -0.25) is 9.59 Å². The van der Waals surface area contributed by atoms with Crippen LogP contribution < -0.4 is 10.3 Å². The van der Waals surface area contributed by atoms with Crippen molar-refractivity contribution in [2.75, 3.05) is 31.1 Å². The number of hydrogen-bond acceptors (Lipinski definition) is 7. The molecule has 1 aliphatic rings. The quantitative estimate of drug-likeness (QED) is 0.492. The van der Waals surface area contributed by atoms with Gasteiger partial charge in [0.05, 0.1) is 11.1 Å². The summed E-state index contributed by atoms with van der Waals surface area (Å²) in [6, 6.07) is 12.1. The van der Waals surface area contributed by atoms with Crippen molar-refractivity contribution in [3.05, 3.63) is 76.2 Å². The van der Waals surface area contributed by atoms with Crippen LogP contribution in [0.25, 0.3) is 16.8 Å². The van der Waals surface area contributed by atoms with Crippen LogP contribution in [-0.4, -0.2) is 56.7 Å². The Bertz CT molecular complexity index is 1370. The molecule has 162 valence electrons. The van der Waals surface area contributed by atoms with E-state index in [-0.39, 0.29) is 17.1 Å². The third-order valence-electron chi connectivity index (χ3n) is 5.60. The summed E-state index contributed by atoms with van der Waals surface area (Å²) >= 11 is 0. The van der Waals surface area contributed by atoms with Crippen LogP contribution in [0.1, 0.15) is 21.9 Å². The van der Waals surface area contributed by atoms with Crippen LogP contribution in [0, 0.1) is 13.8 Å². The van der Waals surface area contributed by atoms with E-state index in [1.165, 1.54) is 12.4 Å². The Kier molecular flexibility index (Phi) is 4.93. The average Bonchev–Trinajstić information content (AvgIpc) is 3.16. The predicted molar refractivity (Wildman–Crippen MR) is 119 cm³/mol. The van der Waals surface area contributed by atoms with Crippen LogP contribution in [0.15, 0.2) is 58.0 Å². The Morgan fingerprint density at radius 1 is 0.969 bits per heavy atom. The molecule has 4 heterocycles. The molecule has 0 unspecified atom stereocenters. The van der Waals surface area contributed by atoms with Crippen molar-refractivity contribution in [3.8, 4) is 5.82 Å². The van der Waals surface area contributed by atoms with E-state index in [9.17, 15) is 9.59 Å². The molecular formula is C23H22N6O3. The van der Waals surface area contributed by atoms with Gasteiger partial charge in [0, 0.05) is 44.0 Å². The molecule has 1 saturated heterocycles. The lowest BCUT2D eigenvalue weighted by atomic mass is 10.2. The minimum atomic E-state index is -0.279. The van der Waals surface area contributed by atoms with Crippen LogP contribution in [0.4, 0.5) is 5.82 Å². The van der Waals surface area contributed by atoms with Crippen molar-refractivity contribution in [2.45, 2.75) is 13.8 Å². The molecule has 1 aliphatic heterocycles. The number of aryl methyl sites for hydroxylation is 2. The molecule has 0 aliphatic carbocycles. The van der Waals surface area contributed by atoms with Gasteiger partial charge in [0.2, 0.25) is 0 Å².